The first-order valence-corrected chi connectivity index (χ1v) is 7.63. The number of hydrogen-bond donors (Lipinski definition) is 2. The predicted molar refractivity (Wildman–Crippen MR) is 87.9 cm³/mol. The standard InChI is InChI=1S/C17H28N2O2/c1-6-9-18-14-7-8-15(13(4)10-14)17(20)19-16(11-21-5)12(2)3/h7-8,10,12,16,18H,6,9,11H2,1-5H3,(H,19,20). The van der Waals surface area contributed by atoms with Crippen LogP contribution in [0.5, 0.6) is 0 Å². The fraction of sp³-hybridized carbons (Fsp3) is 0.588. The molecule has 4 heteroatoms. The molecule has 1 aromatic carbocycles. The number of benzene rings is 1. The molecule has 0 fully saturated rings. The molecule has 118 valence electrons. The SMILES string of the molecule is CCCNc1ccc(C(=O)NC(COC)C(C)C)c(C)c1. The van der Waals surface area contributed by atoms with Crippen molar-refractivity contribution in [3.63, 3.8) is 0 Å². The number of carbonyl (C=O) groups excluding carboxylic acids is 1. The lowest BCUT2D eigenvalue weighted by Crippen LogP contribution is -2.41. The molecule has 0 aliphatic rings. The van der Waals surface area contributed by atoms with Crippen LogP contribution in [0.1, 0.15) is 43.1 Å². The van der Waals surface area contributed by atoms with Crippen molar-refractivity contribution in [1.82, 2.24) is 5.32 Å². The Morgan fingerprint density at radius 2 is 2.05 bits per heavy atom. The van der Waals surface area contributed by atoms with Gasteiger partial charge in [-0.25, -0.2) is 0 Å². The zero-order valence-electron chi connectivity index (χ0n) is 13.8. The minimum Gasteiger partial charge on any atom is -0.385 e. The van der Waals surface area contributed by atoms with Gasteiger partial charge in [-0.3, -0.25) is 4.79 Å². The Morgan fingerprint density at radius 3 is 2.57 bits per heavy atom. The Labute approximate surface area is 128 Å². The maximum Gasteiger partial charge on any atom is 0.251 e. The normalized spacial score (nSPS) is 12.3. The van der Waals surface area contributed by atoms with Crippen molar-refractivity contribution in [2.24, 2.45) is 5.92 Å². The van der Waals surface area contributed by atoms with Gasteiger partial charge in [0.25, 0.3) is 5.91 Å². The van der Waals surface area contributed by atoms with Gasteiger partial charge in [-0.1, -0.05) is 20.8 Å². The Bertz CT molecular complexity index is 458. The van der Waals surface area contributed by atoms with Crippen LogP contribution in [0.3, 0.4) is 0 Å². The van der Waals surface area contributed by atoms with Crippen molar-refractivity contribution in [3.05, 3.63) is 29.3 Å². The number of hydrogen-bond acceptors (Lipinski definition) is 3. The molecular weight excluding hydrogens is 264 g/mol. The van der Waals surface area contributed by atoms with Crippen molar-refractivity contribution in [1.29, 1.82) is 0 Å². The van der Waals surface area contributed by atoms with Crippen LogP contribution in [0.15, 0.2) is 18.2 Å². The summed E-state index contributed by atoms with van der Waals surface area (Å²) >= 11 is 0. The van der Waals surface area contributed by atoms with E-state index in [1.807, 2.05) is 25.1 Å². The van der Waals surface area contributed by atoms with Crippen molar-refractivity contribution in [2.75, 3.05) is 25.6 Å². The number of rotatable bonds is 8. The Kier molecular flexibility index (Phi) is 7.23. The van der Waals surface area contributed by atoms with Gasteiger partial charge in [0.15, 0.2) is 0 Å². The quantitative estimate of drug-likeness (QED) is 0.773. The van der Waals surface area contributed by atoms with Crippen LogP contribution in [-0.2, 0) is 4.74 Å². The predicted octanol–water partition coefficient (Wildman–Crippen LogP) is 3.22. The molecule has 0 radical (unpaired) electrons. The summed E-state index contributed by atoms with van der Waals surface area (Å²) in [6.45, 7) is 9.71. The highest BCUT2D eigenvalue weighted by molar-refractivity contribution is 5.96. The largest absolute Gasteiger partial charge is 0.385 e. The molecule has 0 aliphatic carbocycles. The van der Waals surface area contributed by atoms with Crippen molar-refractivity contribution < 1.29 is 9.53 Å². The smallest absolute Gasteiger partial charge is 0.251 e. The fourth-order valence-electron chi connectivity index (χ4n) is 2.12. The van der Waals surface area contributed by atoms with E-state index in [9.17, 15) is 4.79 Å². The first-order chi connectivity index (χ1) is 9.99. The summed E-state index contributed by atoms with van der Waals surface area (Å²) in [6.07, 6.45) is 1.08. The summed E-state index contributed by atoms with van der Waals surface area (Å²) < 4.78 is 5.17. The van der Waals surface area contributed by atoms with Gasteiger partial charge in [0, 0.05) is 24.9 Å². The molecule has 0 spiro atoms. The Balaban J connectivity index is 2.77. The van der Waals surface area contributed by atoms with Crippen LogP contribution in [0.25, 0.3) is 0 Å². The number of carbonyl (C=O) groups is 1. The van der Waals surface area contributed by atoms with E-state index in [1.165, 1.54) is 0 Å². The fourth-order valence-corrected chi connectivity index (χ4v) is 2.12. The molecular formula is C17H28N2O2. The molecule has 0 heterocycles. The molecule has 0 bridgehead atoms. The zero-order valence-corrected chi connectivity index (χ0v) is 13.8. The van der Waals surface area contributed by atoms with Crippen LogP contribution < -0.4 is 10.6 Å². The average Bonchev–Trinajstić information content (AvgIpc) is 2.44. The van der Waals surface area contributed by atoms with Crippen LogP contribution in [-0.4, -0.2) is 32.2 Å². The summed E-state index contributed by atoms with van der Waals surface area (Å²) in [5.41, 5.74) is 2.76. The van der Waals surface area contributed by atoms with Gasteiger partial charge in [0.1, 0.15) is 0 Å². The number of ether oxygens (including phenoxy) is 1. The van der Waals surface area contributed by atoms with Gasteiger partial charge < -0.3 is 15.4 Å². The number of anilines is 1. The molecule has 0 aliphatic heterocycles. The molecule has 0 aromatic heterocycles. The molecule has 0 saturated carbocycles. The van der Waals surface area contributed by atoms with Crippen LogP contribution in [0.4, 0.5) is 5.69 Å². The van der Waals surface area contributed by atoms with Crippen molar-refractivity contribution in [3.8, 4) is 0 Å². The van der Waals surface area contributed by atoms with Crippen molar-refractivity contribution >= 4 is 11.6 Å². The molecule has 1 aromatic rings. The third-order valence-corrected chi connectivity index (χ3v) is 3.52. The molecule has 2 N–H and O–H groups in total. The van der Waals surface area contributed by atoms with Crippen molar-refractivity contribution in [2.45, 2.75) is 40.2 Å². The topological polar surface area (TPSA) is 50.4 Å². The average molecular weight is 292 g/mol. The van der Waals surface area contributed by atoms with Crippen LogP contribution in [0, 0.1) is 12.8 Å². The molecule has 1 unspecified atom stereocenters. The summed E-state index contributed by atoms with van der Waals surface area (Å²) in [4.78, 5) is 12.4. The van der Waals surface area contributed by atoms with E-state index in [0.717, 1.165) is 29.8 Å². The van der Waals surface area contributed by atoms with E-state index in [-0.39, 0.29) is 11.9 Å². The molecule has 4 nitrogen and oxygen atoms in total. The van der Waals surface area contributed by atoms with Gasteiger partial charge >= 0.3 is 0 Å². The molecule has 1 amide bonds. The third kappa shape index (κ3) is 5.38. The number of nitrogens with one attached hydrogen (secondary N) is 2. The van der Waals surface area contributed by atoms with Gasteiger partial charge in [0.2, 0.25) is 0 Å². The summed E-state index contributed by atoms with van der Waals surface area (Å²) in [7, 11) is 1.65. The van der Waals surface area contributed by atoms with E-state index in [4.69, 9.17) is 4.74 Å². The first-order valence-electron chi connectivity index (χ1n) is 7.63. The van der Waals surface area contributed by atoms with Crippen LogP contribution >= 0.6 is 0 Å². The highest BCUT2D eigenvalue weighted by atomic mass is 16.5. The van der Waals surface area contributed by atoms with Gasteiger partial charge in [-0.15, -0.1) is 0 Å². The molecule has 21 heavy (non-hydrogen) atoms. The van der Waals surface area contributed by atoms with E-state index in [0.29, 0.717) is 12.5 Å². The second-order valence-electron chi connectivity index (χ2n) is 5.74. The summed E-state index contributed by atoms with van der Waals surface area (Å²) in [5.74, 6) is 0.296. The van der Waals surface area contributed by atoms with Gasteiger partial charge in [-0.2, -0.15) is 0 Å². The molecule has 1 atom stereocenters. The number of aryl methyl sites for hydroxylation is 1. The third-order valence-electron chi connectivity index (χ3n) is 3.52. The second kappa shape index (κ2) is 8.67. The Morgan fingerprint density at radius 1 is 1.33 bits per heavy atom. The maximum absolute atomic E-state index is 12.4. The summed E-state index contributed by atoms with van der Waals surface area (Å²) in [5, 5.41) is 6.38. The monoisotopic (exact) mass is 292 g/mol. The Hall–Kier alpha value is -1.55. The first kappa shape index (κ1) is 17.5. The maximum atomic E-state index is 12.4. The highest BCUT2D eigenvalue weighted by Crippen LogP contribution is 2.16. The number of methoxy groups -OCH3 is 1. The lowest BCUT2D eigenvalue weighted by Gasteiger charge is -2.22. The minimum atomic E-state index is -0.0368. The van der Waals surface area contributed by atoms with E-state index in [2.05, 4.69) is 31.4 Å². The van der Waals surface area contributed by atoms with E-state index in [1.54, 1.807) is 7.11 Å². The minimum absolute atomic E-state index is 0.0276. The lowest BCUT2D eigenvalue weighted by molar-refractivity contribution is 0.0866. The highest BCUT2D eigenvalue weighted by Gasteiger charge is 2.18. The lowest BCUT2D eigenvalue weighted by atomic mass is 10.0. The molecule has 0 saturated heterocycles. The van der Waals surface area contributed by atoms with E-state index < -0.39 is 0 Å². The second-order valence-corrected chi connectivity index (χ2v) is 5.74. The van der Waals surface area contributed by atoms with Crippen LogP contribution in [0.2, 0.25) is 0 Å². The summed E-state index contributed by atoms with van der Waals surface area (Å²) in [6, 6.07) is 5.89. The number of amides is 1. The zero-order chi connectivity index (χ0) is 15.8. The van der Waals surface area contributed by atoms with Gasteiger partial charge in [-0.05, 0) is 43.0 Å². The molecule has 1 rings (SSSR count). The van der Waals surface area contributed by atoms with Gasteiger partial charge in [0.05, 0.1) is 12.6 Å². The van der Waals surface area contributed by atoms with E-state index >= 15 is 0 Å².